The zero-order valence-corrected chi connectivity index (χ0v) is 18.6. The lowest BCUT2D eigenvalue weighted by Crippen LogP contribution is -2.15. The standard InChI is InChI=1S/C25H25FN6O/c1-3-14(2)31-25-21-19(12-28-24(21)29-13-30-25)22(33)18-8-7-17(32-23(18)26)10-15-4-9-20(27-11-15)16-5-6-16/h4,7-9,11-14,16H,3,5-6,10H2,1-2H3,(H2,28,29,30,31)/t14-/m0/s1. The van der Waals surface area contributed by atoms with Crippen molar-refractivity contribution in [3.8, 4) is 0 Å². The third kappa shape index (κ3) is 4.33. The Morgan fingerprint density at radius 1 is 1.18 bits per heavy atom. The lowest BCUT2D eigenvalue weighted by molar-refractivity contribution is 0.103. The van der Waals surface area contributed by atoms with E-state index in [0.717, 1.165) is 17.7 Å². The zero-order chi connectivity index (χ0) is 22.9. The summed E-state index contributed by atoms with van der Waals surface area (Å²) < 4.78 is 14.9. The van der Waals surface area contributed by atoms with Crippen molar-refractivity contribution < 1.29 is 9.18 Å². The smallest absolute Gasteiger partial charge is 0.224 e. The molecule has 1 saturated carbocycles. The van der Waals surface area contributed by atoms with Crippen LogP contribution >= 0.6 is 0 Å². The fourth-order valence-electron chi connectivity index (χ4n) is 3.84. The molecule has 0 aliphatic heterocycles. The van der Waals surface area contributed by atoms with Gasteiger partial charge in [0.25, 0.3) is 0 Å². The van der Waals surface area contributed by atoms with E-state index in [4.69, 9.17) is 0 Å². The summed E-state index contributed by atoms with van der Waals surface area (Å²) in [4.78, 5) is 33.3. The van der Waals surface area contributed by atoms with Crippen molar-refractivity contribution in [3.05, 3.63) is 77.0 Å². The fourth-order valence-corrected chi connectivity index (χ4v) is 3.84. The quantitative estimate of drug-likeness (QED) is 0.299. The van der Waals surface area contributed by atoms with E-state index in [9.17, 15) is 9.18 Å². The maximum atomic E-state index is 14.9. The Labute approximate surface area is 190 Å². The van der Waals surface area contributed by atoms with Crippen LogP contribution in [-0.4, -0.2) is 36.7 Å². The van der Waals surface area contributed by atoms with Gasteiger partial charge in [-0.25, -0.2) is 15.0 Å². The number of aromatic amines is 1. The summed E-state index contributed by atoms with van der Waals surface area (Å²) in [5.41, 5.74) is 3.37. The number of hydrogen-bond donors (Lipinski definition) is 2. The summed E-state index contributed by atoms with van der Waals surface area (Å²) in [7, 11) is 0. The first kappa shape index (κ1) is 21.2. The summed E-state index contributed by atoms with van der Waals surface area (Å²) in [6.07, 6.45) is 8.54. The molecular weight excluding hydrogens is 419 g/mol. The number of aromatic nitrogens is 5. The van der Waals surface area contributed by atoms with Crippen molar-refractivity contribution >= 4 is 22.6 Å². The van der Waals surface area contributed by atoms with Crippen LogP contribution in [0.2, 0.25) is 0 Å². The summed E-state index contributed by atoms with van der Waals surface area (Å²) in [5, 5.41) is 3.84. The lowest BCUT2D eigenvalue weighted by atomic mass is 10.0. The molecule has 33 heavy (non-hydrogen) atoms. The van der Waals surface area contributed by atoms with Crippen molar-refractivity contribution in [2.24, 2.45) is 0 Å². The molecule has 0 radical (unpaired) electrons. The van der Waals surface area contributed by atoms with Crippen molar-refractivity contribution in [1.82, 2.24) is 24.9 Å². The molecule has 8 heteroatoms. The third-order valence-corrected chi connectivity index (χ3v) is 6.09. The second-order valence-electron chi connectivity index (χ2n) is 8.61. The molecule has 2 N–H and O–H groups in total. The molecule has 0 spiro atoms. The van der Waals surface area contributed by atoms with E-state index in [1.54, 1.807) is 12.3 Å². The molecule has 0 unspecified atom stereocenters. The van der Waals surface area contributed by atoms with Crippen LogP contribution in [0.15, 0.2) is 43.0 Å². The zero-order valence-electron chi connectivity index (χ0n) is 18.6. The topological polar surface area (TPSA) is 96.5 Å². The Kier molecular flexibility index (Phi) is 5.58. The van der Waals surface area contributed by atoms with Gasteiger partial charge in [0.1, 0.15) is 17.8 Å². The molecule has 4 aromatic heterocycles. The van der Waals surface area contributed by atoms with E-state index in [1.807, 2.05) is 25.3 Å². The number of pyridine rings is 2. The summed E-state index contributed by atoms with van der Waals surface area (Å²) in [6, 6.07) is 7.39. The van der Waals surface area contributed by atoms with Crippen LogP contribution in [-0.2, 0) is 6.42 Å². The van der Waals surface area contributed by atoms with Crippen molar-refractivity contribution in [1.29, 1.82) is 0 Å². The van der Waals surface area contributed by atoms with Crippen LogP contribution in [0.25, 0.3) is 11.0 Å². The molecule has 168 valence electrons. The van der Waals surface area contributed by atoms with E-state index in [0.29, 0.717) is 40.4 Å². The maximum Gasteiger partial charge on any atom is 0.224 e. The number of H-pyrrole nitrogens is 1. The Balaban J connectivity index is 1.40. The van der Waals surface area contributed by atoms with Gasteiger partial charge in [0, 0.05) is 42.2 Å². The van der Waals surface area contributed by atoms with Gasteiger partial charge in [-0.15, -0.1) is 0 Å². The molecule has 5 rings (SSSR count). The van der Waals surface area contributed by atoms with E-state index >= 15 is 0 Å². The van der Waals surface area contributed by atoms with Gasteiger partial charge in [-0.05, 0) is 49.9 Å². The van der Waals surface area contributed by atoms with Crippen molar-refractivity contribution in [2.75, 3.05) is 5.32 Å². The highest BCUT2D eigenvalue weighted by atomic mass is 19.1. The van der Waals surface area contributed by atoms with Gasteiger partial charge in [-0.3, -0.25) is 9.78 Å². The number of carbonyl (C=O) groups is 1. The molecule has 4 aromatic rings. The van der Waals surface area contributed by atoms with Crippen molar-refractivity contribution in [2.45, 2.75) is 51.5 Å². The summed E-state index contributed by atoms with van der Waals surface area (Å²) in [6.45, 7) is 4.08. The minimum Gasteiger partial charge on any atom is -0.367 e. The molecule has 0 aromatic carbocycles. The molecular formula is C25H25FN6O. The number of carbonyl (C=O) groups excluding carboxylic acids is 1. The van der Waals surface area contributed by atoms with Gasteiger partial charge in [0.15, 0.2) is 5.78 Å². The largest absolute Gasteiger partial charge is 0.367 e. The predicted octanol–water partition coefficient (Wildman–Crippen LogP) is 4.80. The SMILES string of the molecule is CC[C@H](C)Nc1ncnc2[nH]cc(C(=O)c3ccc(Cc4ccc(C5CC5)nc4)nc3F)c12. The van der Waals surface area contributed by atoms with Gasteiger partial charge >= 0.3 is 0 Å². The Morgan fingerprint density at radius 2 is 2.03 bits per heavy atom. The van der Waals surface area contributed by atoms with Crippen LogP contribution in [0.5, 0.6) is 0 Å². The number of nitrogens with one attached hydrogen (secondary N) is 2. The lowest BCUT2D eigenvalue weighted by Gasteiger charge is -2.13. The highest BCUT2D eigenvalue weighted by Crippen LogP contribution is 2.38. The van der Waals surface area contributed by atoms with Crippen LogP contribution in [0.3, 0.4) is 0 Å². The van der Waals surface area contributed by atoms with E-state index in [1.165, 1.54) is 25.2 Å². The highest BCUT2D eigenvalue weighted by Gasteiger charge is 2.25. The molecule has 0 saturated heterocycles. The van der Waals surface area contributed by atoms with E-state index in [-0.39, 0.29) is 11.6 Å². The number of halogens is 1. The predicted molar refractivity (Wildman–Crippen MR) is 124 cm³/mol. The van der Waals surface area contributed by atoms with Crippen LogP contribution < -0.4 is 5.32 Å². The first-order valence-corrected chi connectivity index (χ1v) is 11.3. The molecule has 1 aliphatic rings. The van der Waals surface area contributed by atoms with Crippen LogP contribution in [0.4, 0.5) is 10.2 Å². The van der Waals surface area contributed by atoms with Gasteiger partial charge in [-0.1, -0.05) is 13.0 Å². The molecule has 1 atom stereocenters. The monoisotopic (exact) mass is 444 g/mol. The second-order valence-corrected chi connectivity index (χ2v) is 8.61. The minimum absolute atomic E-state index is 0.0831. The minimum atomic E-state index is -0.789. The Hall–Kier alpha value is -3.68. The highest BCUT2D eigenvalue weighted by molar-refractivity contribution is 6.18. The Morgan fingerprint density at radius 3 is 2.73 bits per heavy atom. The fraction of sp³-hybridized carbons (Fsp3) is 0.320. The Bertz CT molecular complexity index is 1310. The average molecular weight is 445 g/mol. The van der Waals surface area contributed by atoms with E-state index < -0.39 is 11.7 Å². The summed E-state index contributed by atoms with van der Waals surface area (Å²) >= 11 is 0. The number of anilines is 1. The normalized spacial score (nSPS) is 14.4. The van der Waals surface area contributed by atoms with Gasteiger partial charge in [-0.2, -0.15) is 4.39 Å². The van der Waals surface area contributed by atoms with Gasteiger partial charge in [0.2, 0.25) is 5.95 Å². The number of fused-ring (bicyclic) bond motifs is 1. The molecule has 0 amide bonds. The third-order valence-electron chi connectivity index (χ3n) is 6.09. The van der Waals surface area contributed by atoms with E-state index in [2.05, 4.69) is 37.2 Å². The number of nitrogens with zero attached hydrogens (tertiary/aromatic N) is 4. The molecule has 1 aliphatic carbocycles. The van der Waals surface area contributed by atoms with Crippen LogP contribution in [0, 0.1) is 5.95 Å². The molecule has 4 heterocycles. The number of rotatable bonds is 8. The first-order chi connectivity index (χ1) is 16.0. The van der Waals surface area contributed by atoms with Crippen LogP contribution in [0.1, 0.15) is 71.9 Å². The van der Waals surface area contributed by atoms with Gasteiger partial charge in [0.05, 0.1) is 16.5 Å². The molecule has 0 bridgehead atoms. The molecule has 1 fully saturated rings. The second kappa shape index (κ2) is 8.69. The maximum absolute atomic E-state index is 14.9. The molecule has 7 nitrogen and oxygen atoms in total. The van der Waals surface area contributed by atoms with Crippen molar-refractivity contribution in [3.63, 3.8) is 0 Å². The number of hydrogen-bond acceptors (Lipinski definition) is 6. The number of ketones is 1. The first-order valence-electron chi connectivity index (χ1n) is 11.3. The van der Waals surface area contributed by atoms with Gasteiger partial charge < -0.3 is 10.3 Å². The average Bonchev–Trinajstić information content (AvgIpc) is 3.58. The summed E-state index contributed by atoms with van der Waals surface area (Å²) in [5.74, 6) is -0.111.